The maximum absolute atomic E-state index is 12.2. The third kappa shape index (κ3) is 3.57. The van der Waals surface area contributed by atoms with E-state index in [1.807, 2.05) is 16.8 Å². The number of carbonyl (C=O) groups is 2. The van der Waals surface area contributed by atoms with Crippen molar-refractivity contribution < 1.29 is 14.7 Å². The quantitative estimate of drug-likeness (QED) is 0.854. The Balaban J connectivity index is 2.81. The molecule has 100 valence electrons. The van der Waals surface area contributed by atoms with E-state index in [0.717, 1.165) is 5.56 Å². The summed E-state index contributed by atoms with van der Waals surface area (Å²) in [5, 5.41) is 13.1. The Morgan fingerprint density at radius 2 is 2.06 bits per heavy atom. The molecule has 18 heavy (non-hydrogen) atoms. The molecule has 1 rings (SSSR count). The van der Waals surface area contributed by atoms with Gasteiger partial charge in [-0.25, -0.2) is 0 Å². The van der Waals surface area contributed by atoms with Crippen molar-refractivity contribution >= 4 is 23.2 Å². The van der Waals surface area contributed by atoms with Crippen molar-refractivity contribution in [3.8, 4) is 0 Å². The fourth-order valence-electron chi connectivity index (χ4n) is 1.80. The number of nitrogens with zero attached hydrogens (tertiary/aromatic N) is 1. The summed E-state index contributed by atoms with van der Waals surface area (Å²) in [6, 6.07) is 1.93. The summed E-state index contributed by atoms with van der Waals surface area (Å²) in [5.74, 6) is -2.42. The van der Waals surface area contributed by atoms with Gasteiger partial charge in [0.05, 0.1) is 0 Å². The molecule has 0 fully saturated rings. The minimum absolute atomic E-state index is 0.346. The molecule has 0 aliphatic rings. The van der Waals surface area contributed by atoms with Gasteiger partial charge in [0.1, 0.15) is 5.92 Å². The lowest BCUT2D eigenvalue weighted by Crippen LogP contribution is -2.43. The van der Waals surface area contributed by atoms with Gasteiger partial charge in [0.25, 0.3) is 0 Å². The standard InChI is InChI=1S/C13H19NO3S/c1-13(2,3)10(12(16)17)11(15)14(4)7-9-5-6-18-8-9/h5-6,8,10H,7H2,1-4H3,(H,16,17). The van der Waals surface area contributed by atoms with Crippen LogP contribution in [0.25, 0.3) is 0 Å². The zero-order valence-corrected chi connectivity index (χ0v) is 12.0. The van der Waals surface area contributed by atoms with Gasteiger partial charge in [0.15, 0.2) is 0 Å². The minimum atomic E-state index is -1.07. The van der Waals surface area contributed by atoms with Crippen LogP contribution in [0.3, 0.4) is 0 Å². The smallest absolute Gasteiger partial charge is 0.316 e. The molecule has 0 aliphatic heterocycles. The number of carbonyl (C=O) groups excluding carboxylic acids is 1. The van der Waals surface area contributed by atoms with Crippen LogP contribution < -0.4 is 0 Å². The van der Waals surface area contributed by atoms with Gasteiger partial charge in [-0.1, -0.05) is 20.8 Å². The molecule has 0 aliphatic carbocycles. The fourth-order valence-corrected chi connectivity index (χ4v) is 2.46. The number of hydrogen-bond acceptors (Lipinski definition) is 3. The number of rotatable bonds is 4. The maximum Gasteiger partial charge on any atom is 0.316 e. The van der Waals surface area contributed by atoms with Crippen molar-refractivity contribution in [2.24, 2.45) is 11.3 Å². The Kier molecular flexibility index (Phi) is 4.51. The Bertz CT molecular complexity index is 420. The topological polar surface area (TPSA) is 57.6 Å². The zero-order valence-electron chi connectivity index (χ0n) is 11.1. The van der Waals surface area contributed by atoms with E-state index in [1.165, 1.54) is 4.90 Å². The van der Waals surface area contributed by atoms with Crippen LogP contribution in [-0.4, -0.2) is 28.9 Å². The van der Waals surface area contributed by atoms with Crippen LogP contribution in [-0.2, 0) is 16.1 Å². The first-order chi connectivity index (χ1) is 8.23. The molecule has 0 bridgehead atoms. The molecule has 1 N–H and O–H groups in total. The minimum Gasteiger partial charge on any atom is -0.481 e. The lowest BCUT2D eigenvalue weighted by Gasteiger charge is -2.29. The second-order valence-corrected chi connectivity index (χ2v) is 6.24. The summed E-state index contributed by atoms with van der Waals surface area (Å²) >= 11 is 1.56. The first kappa shape index (κ1) is 14.7. The highest BCUT2D eigenvalue weighted by molar-refractivity contribution is 7.07. The van der Waals surface area contributed by atoms with E-state index in [1.54, 1.807) is 39.2 Å². The molecule has 0 saturated heterocycles. The van der Waals surface area contributed by atoms with Crippen LogP contribution in [0.15, 0.2) is 16.8 Å². The summed E-state index contributed by atoms with van der Waals surface area (Å²) in [7, 11) is 1.64. The van der Waals surface area contributed by atoms with Crippen LogP contribution in [0.1, 0.15) is 26.3 Å². The molecule has 1 heterocycles. The van der Waals surface area contributed by atoms with Crippen LogP contribution in [0.4, 0.5) is 0 Å². The van der Waals surface area contributed by atoms with E-state index in [4.69, 9.17) is 0 Å². The van der Waals surface area contributed by atoms with Crippen LogP contribution in [0, 0.1) is 11.3 Å². The Morgan fingerprint density at radius 3 is 2.44 bits per heavy atom. The fraction of sp³-hybridized carbons (Fsp3) is 0.538. The molecule has 4 nitrogen and oxygen atoms in total. The second kappa shape index (κ2) is 5.52. The predicted octanol–water partition coefficient (Wildman–Crippen LogP) is 2.45. The number of thiophene rings is 1. The number of hydrogen-bond donors (Lipinski definition) is 1. The summed E-state index contributed by atoms with van der Waals surface area (Å²) in [4.78, 5) is 24.9. The highest BCUT2D eigenvalue weighted by atomic mass is 32.1. The summed E-state index contributed by atoms with van der Waals surface area (Å²) < 4.78 is 0. The van der Waals surface area contributed by atoms with Crippen LogP contribution in [0.5, 0.6) is 0 Å². The number of carboxylic acids is 1. The SMILES string of the molecule is CN(Cc1ccsc1)C(=O)C(C(=O)O)C(C)(C)C. The Hall–Kier alpha value is -1.36. The van der Waals surface area contributed by atoms with Gasteiger partial charge in [-0.2, -0.15) is 11.3 Å². The molecule has 0 spiro atoms. The summed E-state index contributed by atoms with van der Waals surface area (Å²) in [6.45, 7) is 5.74. The van der Waals surface area contributed by atoms with Crippen molar-refractivity contribution in [2.75, 3.05) is 7.05 Å². The molecule has 1 atom stereocenters. The van der Waals surface area contributed by atoms with Gasteiger partial charge in [-0.05, 0) is 27.8 Å². The average molecular weight is 269 g/mol. The van der Waals surface area contributed by atoms with E-state index >= 15 is 0 Å². The Labute approximate surface area is 111 Å². The van der Waals surface area contributed by atoms with Crippen molar-refractivity contribution in [3.05, 3.63) is 22.4 Å². The highest BCUT2D eigenvalue weighted by Crippen LogP contribution is 2.28. The first-order valence-corrected chi connectivity index (χ1v) is 6.66. The molecule has 5 heteroatoms. The monoisotopic (exact) mass is 269 g/mol. The van der Waals surface area contributed by atoms with Crippen molar-refractivity contribution in [1.82, 2.24) is 4.90 Å². The van der Waals surface area contributed by atoms with Crippen molar-refractivity contribution in [1.29, 1.82) is 0 Å². The van der Waals surface area contributed by atoms with E-state index in [0.29, 0.717) is 6.54 Å². The predicted molar refractivity (Wildman–Crippen MR) is 71.4 cm³/mol. The van der Waals surface area contributed by atoms with Crippen LogP contribution >= 0.6 is 11.3 Å². The summed E-state index contributed by atoms with van der Waals surface area (Å²) in [6.07, 6.45) is 0. The normalized spacial score (nSPS) is 13.1. The molecule has 0 aromatic carbocycles. The van der Waals surface area contributed by atoms with Gasteiger partial charge in [-0.15, -0.1) is 0 Å². The van der Waals surface area contributed by atoms with Crippen molar-refractivity contribution in [3.63, 3.8) is 0 Å². The van der Waals surface area contributed by atoms with Gasteiger partial charge in [0, 0.05) is 13.6 Å². The summed E-state index contributed by atoms with van der Waals surface area (Å²) in [5.41, 5.74) is 0.431. The zero-order chi connectivity index (χ0) is 13.9. The molecule has 0 saturated carbocycles. The number of aliphatic carboxylic acids is 1. The van der Waals surface area contributed by atoms with E-state index in [2.05, 4.69) is 0 Å². The van der Waals surface area contributed by atoms with E-state index in [-0.39, 0.29) is 5.91 Å². The molecular formula is C13H19NO3S. The van der Waals surface area contributed by atoms with Gasteiger partial charge < -0.3 is 10.0 Å². The third-order valence-electron chi connectivity index (χ3n) is 2.74. The van der Waals surface area contributed by atoms with Crippen LogP contribution in [0.2, 0.25) is 0 Å². The number of amides is 1. The van der Waals surface area contributed by atoms with Gasteiger partial charge >= 0.3 is 5.97 Å². The highest BCUT2D eigenvalue weighted by Gasteiger charge is 2.39. The lowest BCUT2D eigenvalue weighted by molar-refractivity contribution is -0.155. The second-order valence-electron chi connectivity index (χ2n) is 5.46. The largest absolute Gasteiger partial charge is 0.481 e. The lowest BCUT2D eigenvalue weighted by atomic mass is 9.80. The maximum atomic E-state index is 12.2. The molecule has 1 aromatic heterocycles. The van der Waals surface area contributed by atoms with Gasteiger partial charge in [-0.3, -0.25) is 9.59 Å². The first-order valence-electron chi connectivity index (χ1n) is 5.72. The Morgan fingerprint density at radius 1 is 1.44 bits per heavy atom. The molecule has 1 aromatic rings. The average Bonchev–Trinajstić information content (AvgIpc) is 2.67. The molecular weight excluding hydrogens is 250 g/mol. The molecule has 0 radical (unpaired) electrons. The third-order valence-corrected chi connectivity index (χ3v) is 3.47. The van der Waals surface area contributed by atoms with Crippen molar-refractivity contribution in [2.45, 2.75) is 27.3 Å². The van der Waals surface area contributed by atoms with Gasteiger partial charge in [0.2, 0.25) is 5.91 Å². The molecule has 1 amide bonds. The number of carboxylic acid groups (broad SMARTS) is 1. The van der Waals surface area contributed by atoms with E-state index in [9.17, 15) is 14.7 Å². The molecule has 1 unspecified atom stereocenters. The van der Waals surface area contributed by atoms with E-state index < -0.39 is 17.3 Å².